The second-order valence-electron chi connectivity index (χ2n) is 5.92. The Morgan fingerprint density at radius 2 is 1.75 bits per heavy atom. The Bertz CT molecular complexity index is 375. The number of phenolic OH excluding ortho intramolecular Hbond substituents is 1. The number of aryl methyl sites for hydroxylation is 1. The number of anilines is 1. The van der Waals surface area contributed by atoms with Gasteiger partial charge in [-0.2, -0.15) is 0 Å². The molecular weight excluding hydrogens is 198 g/mol. The average molecular weight is 221 g/mol. The van der Waals surface area contributed by atoms with Gasteiger partial charge in [-0.15, -0.1) is 0 Å². The van der Waals surface area contributed by atoms with E-state index in [0.29, 0.717) is 5.75 Å². The third-order valence-electron chi connectivity index (χ3n) is 2.52. The van der Waals surface area contributed by atoms with E-state index >= 15 is 0 Å². The Morgan fingerprint density at radius 3 is 2.19 bits per heavy atom. The van der Waals surface area contributed by atoms with E-state index in [1.807, 2.05) is 25.1 Å². The standard InChI is InChI=1S/C14H23NO/c1-10-7-11(9-14(2,3)4)13(16)12(8-10)15(5)6/h7-8,16H,9H2,1-6H3. The third-order valence-corrected chi connectivity index (χ3v) is 2.52. The first-order valence-electron chi connectivity index (χ1n) is 5.70. The van der Waals surface area contributed by atoms with Crippen molar-refractivity contribution in [2.45, 2.75) is 34.1 Å². The second-order valence-corrected chi connectivity index (χ2v) is 5.92. The van der Waals surface area contributed by atoms with Crippen molar-refractivity contribution in [3.8, 4) is 5.75 Å². The normalized spacial score (nSPS) is 11.6. The lowest BCUT2D eigenvalue weighted by molar-refractivity contribution is 0.395. The smallest absolute Gasteiger partial charge is 0.142 e. The van der Waals surface area contributed by atoms with Crippen LogP contribution in [0.1, 0.15) is 31.9 Å². The summed E-state index contributed by atoms with van der Waals surface area (Å²) in [6.45, 7) is 8.62. The summed E-state index contributed by atoms with van der Waals surface area (Å²) in [4.78, 5) is 1.95. The van der Waals surface area contributed by atoms with Crippen molar-refractivity contribution in [3.63, 3.8) is 0 Å². The molecule has 0 atom stereocenters. The SMILES string of the molecule is Cc1cc(CC(C)(C)C)c(O)c(N(C)C)c1. The van der Waals surface area contributed by atoms with Gasteiger partial charge in [-0.1, -0.05) is 26.8 Å². The molecule has 0 amide bonds. The van der Waals surface area contributed by atoms with E-state index in [1.54, 1.807) is 0 Å². The molecule has 0 saturated carbocycles. The summed E-state index contributed by atoms with van der Waals surface area (Å²) in [6, 6.07) is 4.09. The maximum atomic E-state index is 10.2. The molecule has 0 spiro atoms. The third kappa shape index (κ3) is 3.16. The lowest BCUT2D eigenvalue weighted by atomic mass is 9.87. The molecule has 1 rings (SSSR count). The predicted molar refractivity (Wildman–Crippen MR) is 70.3 cm³/mol. The van der Waals surface area contributed by atoms with E-state index in [1.165, 1.54) is 5.56 Å². The van der Waals surface area contributed by atoms with Crippen LogP contribution in [0.25, 0.3) is 0 Å². The molecule has 0 aliphatic heterocycles. The van der Waals surface area contributed by atoms with Gasteiger partial charge < -0.3 is 10.0 Å². The van der Waals surface area contributed by atoms with E-state index < -0.39 is 0 Å². The van der Waals surface area contributed by atoms with E-state index in [-0.39, 0.29) is 5.41 Å². The zero-order chi connectivity index (χ0) is 12.5. The lowest BCUT2D eigenvalue weighted by Gasteiger charge is -2.22. The number of benzene rings is 1. The van der Waals surface area contributed by atoms with Crippen molar-refractivity contribution < 1.29 is 5.11 Å². The molecule has 0 fully saturated rings. The van der Waals surface area contributed by atoms with Gasteiger partial charge in [-0.25, -0.2) is 0 Å². The first-order chi connectivity index (χ1) is 7.20. The molecule has 90 valence electrons. The zero-order valence-electron chi connectivity index (χ0n) is 11.3. The maximum absolute atomic E-state index is 10.2. The van der Waals surface area contributed by atoms with E-state index in [4.69, 9.17) is 0 Å². The van der Waals surface area contributed by atoms with Crippen LogP contribution in [0.15, 0.2) is 12.1 Å². The largest absolute Gasteiger partial charge is 0.505 e. The molecule has 0 radical (unpaired) electrons. The highest BCUT2D eigenvalue weighted by Crippen LogP contribution is 2.35. The minimum Gasteiger partial charge on any atom is -0.505 e. The van der Waals surface area contributed by atoms with Crippen molar-refractivity contribution in [2.75, 3.05) is 19.0 Å². The highest BCUT2D eigenvalue weighted by Gasteiger charge is 2.17. The summed E-state index contributed by atoms with van der Waals surface area (Å²) in [5.74, 6) is 0.422. The van der Waals surface area contributed by atoms with Crippen molar-refractivity contribution in [1.82, 2.24) is 0 Å². The van der Waals surface area contributed by atoms with Crippen LogP contribution in [0.3, 0.4) is 0 Å². The topological polar surface area (TPSA) is 23.5 Å². The zero-order valence-corrected chi connectivity index (χ0v) is 11.3. The van der Waals surface area contributed by atoms with Crippen LogP contribution in [-0.4, -0.2) is 19.2 Å². The number of hydrogen-bond acceptors (Lipinski definition) is 2. The molecule has 2 nitrogen and oxygen atoms in total. The summed E-state index contributed by atoms with van der Waals surface area (Å²) in [5, 5.41) is 10.2. The van der Waals surface area contributed by atoms with Crippen LogP contribution in [0.2, 0.25) is 0 Å². The maximum Gasteiger partial charge on any atom is 0.142 e. The quantitative estimate of drug-likeness (QED) is 0.827. The predicted octanol–water partition coefficient (Wildman–Crippen LogP) is 3.36. The van der Waals surface area contributed by atoms with Crippen LogP contribution in [0, 0.1) is 12.3 Å². The summed E-state index contributed by atoms with van der Waals surface area (Å²) < 4.78 is 0. The fourth-order valence-electron chi connectivity index (χ4n) is 1.88. The fraction of sp³-hybridized carbons (Fsp3) is 0.571. The van der Waals surface area contributed by atoms with Gasteiger partial charge in [0.25, 0.3) is 0 Å². The monoisotopic (exact) mass is 221 g/mol. The summed E-state index contributed by atoms with van der Waals surface area (Å²) in [5.41, 5.74) is 3.32. The number of hydrogen-bond donors (Lipinski definition) is 1. The van der Waals surface area contributed by atoms with Crippen molar-refractivity contribution in [3.05, 3.63) is 23.3 Å². The van der Waals surface area contributed by atoms with Gasteiger partial charge in [-0.3, -0.25) is 0 Å². The number of phenols is 1. The lowest BCUT2D eigenvalue weighted by Crippen LogP contribution is -2.13. The van der Waals surface area contributed by atoms with Crippen molar-refractivity contribution in [1.29, 1.82) is 0 Å². The highest BCUT2D eigenvalue weighted by molar-refractivity contribution is 5.62. The van der Waals surface area contributed by atoms with Crippen molar-refractivity contribution in [2.24, 2.45) is 5.41 Å². The molecule has 0 saturated heterocycles. The minimum atomic E-state index is 0.189. The number of aromatic hydroxyl groups is 1. The van der Waals surface area contributed by atoms with E-state index in [0.717, 1.165) is 17.7 Å². The van der Waals surface area contributed by atoms with Gasteiger partial charge in [0.15, 0.2) is 0 Å². The molecule has 0 aliphatic rings. The molecule has 16 heavy (non-hydrogen) atoms. The molecule has 0 bridgehead atoms. The van der Waals surface area contributed by atoms with Gasteiger partial charge in [0, 0.05) is 14.1 Å². The van der Waals surface area contributed by atoms with Gasteiger partial charge in [0.05, 0.1) is 5.69 Å². The highest BCUT2D eigenvalue weighted by atomic mass is 16.3. The van der Waals surface area contributed by atoms with Gasteiger partial charge in [0.1, 0.15) is 5.75 Å². The first-order valence-corrected chi connectivity index (χ1v) is 5.70. The van der Waals surface area contributed by atoms with Gasteiger partial charge >= 0.3 is 0 Å². The molecule has 0 unspecified atom stereocenters. The van der Waals surface area contributed by atoms with Gasteiger partial charge in [0.2, 0.25) is 0 Å². The Labute approximate surface area is 98.9 Å². The Kier molecular flexibility index (Phi) is 3.51. The van der Waals surface area contributed by atoms with Crippen LogP contribution >= 0.6 is 0 Å². The Morgan fingerprint density at radius 1 is 1.19 bits per heavy atom. The molecule has 0 aliphatic carbocycles. The van der Waals surface area contributed by atoms with Crippen LogP contribution in [-0.2, 0) is 6.42 Å². The molecule has 0 aromatic heterocycles. The first kappa shape index (κ1) is 12.9. The van der Waals surface area contributed by atoms with Crippen molar-refractivity contribution >= 4 is 5.69 Å². The molecule has 2 heteroatoms. The molecular formula is C14H23NO. The Balaban J connectivity index is 3.19. The molecule has 1 aromatic rings. The summed E-state index contributed by atoms with van der Waals surface area (Å²) in [6.07, 6.45) is 0.890. The van der Waals surface area contributed by atoms with E-state index in [9.17, 15) is 5.11 Å². The molecule has 0 heterocycles. The van der Waals surface area contributed by atoms with Crippen LogP contribution < -0.4 is 4.90 Å². The summed E-state index contributed by atoms with van der Waals surface area (Å²) in [7, 11) is 3.91. The minimum absolute atomic E-state index is 0.189. The van der Waals surface area contributed by atoms with E-state index in [2.05, 4.69) is 33.8 Å². The fourth-order valence-corrected chi connectivity index (χ4v) is 1.88. The molecule has 1 aromatic carbocycles. The van der Waals surface area contributed by atoms with Crippen LogP contribution in [0.5, 0.6) is 5.75 Å². The number of nitrogens with zero attached hydrogens (tertiary/aromatic N) is 1. The average Bonchev–Trinajstić information content (AvgIpc) is 2.07. The second kappa shape index (κ2) is 4.36. The molecule has 1 N–H and O–H groups in total. The van der Waals surface area contributed by atoms with Crippen LogP contribution in [0.4, 0.5) is 5.69 Å². The Hall–Kier alpha value is -1.18. The summed E-state index contributed by atoms with van der Waals surface area (Å²) >= 11 is 0. The number of rotatable bonds is 2. The van der Waals surface area contributed by atoms with Gasteiger partial charge in [-0.05, 0) is 36.0 Å².